The molecular weight excluding hydrogens is 310 g/mol. The van der Waals surface area contributed by atoms with Gasteiger partial charge in [0.2, 0.25) is 5.91 Å². The Morgan fingerprint density at radius 2 is 1.81 bits per heavy atom. The minimum Gasteiger partial charge on any atom is -0.356 e. The van der Waals surface area contributed by atoms with Crippen molar-refractivity contribution in [2.45, 2.75) is 30.6 Å². The minimum atomic E-state index is -3.66. The third-order valence-electron chi connectivity index (χ3n) is 4.63. The van der Waals surface area contributed by atoms with E-state index in [1.54, 1.807) is 12.1 Å². The topological polar surface area (TPSA) is 63.2 Å². The second kappa shape index (κ2) is 5.61. The molecule has 0 aliphatic heterocycles. The molecule has 1 N–H and O–H groups in total. The first-order valence-corrected chi connectivity index (χ1v) is 9.59. The van der Waals surface area contributed by atoms with Gasteiger partial charge in [0.1, 0.15) is 0 Å². The van der Waals surface area contributed by atoms with Gasteiger partial charge in [0.25, 0.3) is 9.05 Å². The molecule has 0 spiro atoms. The van der Waals surface area contributed by atoms with Gasteiger partial charge in [-0.1, -0.05) is 18.6 Å². The van der Waals surface area contributed by atoms with Crippen LogP contribution in [0.1, 0.15) is 24.8 Å². The SMILES string of the molecule is O=C(NCCc1ccc(S(=O)(=O)Cl)cc1)C1C2CCCC21. The number of halogens is 1. The third-order valence-corrected chi connectivity index (χ3v) is 6.00. The third kappa shape index (κ3) is 3.24. The van der Waals surface area contributed by atoms with Gasteiger partial charge in [-0.2, -0.15) is 0 Å². The fraction of sp³-hybridized carbons (Fsp3) is 0.533. The van der Waals surface area contributed by atoms with Crippen molar-refractivity contribution in [2.24, 2.45) is 17.8 Å². The summed E-state index contributed by atoms with van der Waals surface area (Å²) in [5.41, 5.74) is 0.982. The molecule has 0 saturated heterocycles. The van der Waals surface area contributed by atoms with Gasteiger partial charge in [-0.25, -0.2) is 8.42 Å². The molecule has 0 radical (unpaired) electrons. The number of carbonyl (C=O) groups excluding carboxylic acids is 1. The van der Waals surface area contributed by atoms with E-state index >= 15 is 0 Å². The maximum atomic E-state index is 12.0. The summed E-state index contributed by atoms with van der Waals surface area (Å²) in [6.45, 7) is 0.585. The largest absolute Gasteiger partial charge is 0.356 e. The highest BCUT2D eigenvalue weighted by Gasteiger charge is 2.56. The van der Waals surface area contributed by atoms with Crippen LogP contribution in [0, 0.1) is 17.8 Å². The summed E-state index contributed by atoms with van der Waals surface area (Å²) in [6.07, 6.45) is 4.37. The van der Waals surface area contributed by atoms with Crippen LogP contribution >= 0.6 is 10.7 Å². The first-order chi connectivity index (χ1) is 9.97. The van der Waals surface area contributed by atoms with Gasteiger partial charge in [0, 0.05) is 23.1 Å². The summed E-state index contributed by atoms with van der Waals surface area (Å²) in [6, 6.07) is 6.44. The standard InChI is InChI=1S/C15H18ClNO3S/c16-21(19,20)11-6-4-10(5-7-11)8-9-17-15(18)14-12-2-1-3-13(12)14/h4-7,12-14H,1-3,8-9H2,(H,17,18). The normalized spacial score (nSPS) is 27.2. The smallest absolute Gasteiger partial charge is 0.261 e. The Labute approximate surface area is 129 Å². The molecule has 2 aliphatic carbocycles. The molecular formula is C15H18ClNO3S. The Morgan fingerprint density at radius 1 is 1.19 bits per heavy atom. The van der Waals surface area contributed by atoms with Crippen molar-refractivity contribution >= 4 is 25.6 Å². The molecule has 1 aromatic rings. The van der Waals surface area contributed by atoms with Crippen LogP contribution in [0.4, 0.5) is 0 Å². The molecule has 1 aromatic carbocycles. The highest BCUT2D eigenvalue weighted by atomic mass is 35.7. The fourth-order valence-electron chi connectivity index (χ4n) is 3.48. The molecule has 114 valence electrons. The molecule has 2 fully saturated rings. The van der Waals surface area contributed by atoms with Gasteiger partial charge in [0.15, 0.2) is 0 Å². The summed E-state index contributed by atoms with van der Waals surface area (Å²) in [5, 5.41) is 2.98. The maximum Gasteiger partial charge on any atom is 0.261 e. The molecule has 3 rings (SSSR count). The van der Waals surface area contributed by atoms with Crippen molar-refractivity contribution in [3.63, 3.8) is 0 Å². The van der Waals surface area contributed by atoms with Crippen LogP contribution in [-0.4, -0.2) is 20.9 Å². The van der Waals surface area contributed by atoms with Crippen LogP contribution in [-0.2, 0) is 20.3 Å². The number of benzene rings is 1. The van der Waals surface area contributed by atoms with E-state index in [1.165, 1.54) is 31.4 Å². The van der Waals surface area contributed by atoms with Crippen LogP contribution in [0.5, 0.6) is 0 Å². The first kappa shape index (κ1) is 14.9. The summed E-state index contributed by atoms with van der Waals surface area (Å²) >= 11 is 0. The van der Waals surface area contributed by atoms with E-state index in [9.17, 15) is 13.2 Å². The van der Waals surface area contributed by atoms with E-state index in [2.05, 4.69) is 5.32 Å². The van der Waals surface area contributed by atoms with E-state index < -0.39 is 9.05 Å². The number of hydrogen-bond acceptors (Lipinski definition) is 3. The molecule has 21 heavy (non-hydrogen) atoms. The van der Waals surface area contributed by atoms with Crippen LogP contribution in [0.3, 0.4) is 0 Å². The Balaban J connectivity index is 1.46. The maximum absolute atomic E-state index is 12.0. The monoisotopic (exact) mass is 327 g/mol. The summed E-state index contributed by atoms with van der Waals surface area (Å²) in [5.74, 6) is 1.71. The number of nitrogens with one attached hydrogen (secondary N) is 1. The highest BCUT2D eigenvalue weighted by molar-refractivity contribution is 8.13. The molecule has 1 amide bonds. The summed E-state index contributed by atoms with van der Waals surface area (Å²) in [4.78, 5) is 12.1. The van der Waals surface area contributed by atoms with Crippen LogP contribution in [0.25, 0.3) is 0 Å². The van der Waals surface area contributed by atoms with Crippen LogP contribution in [0.2, 0.25) is 0 Å². The predicted molar refractivity (Wildman–Crippen MR) is 80.5 cm³/mol. The molecule has 2 aliphatic rings. The Hall–Kier alpha value is -1.07. The molecule has 6 heteroatoms. The number of rotatable bonds is 5. The zero-order valence-electron chi connectivity index (χ0n) is 11.6. The van der Waals surface area contributed by atoms with Crippen LogP contribution < -0.4 is 5.32 Å². The molecule has 0 heterocycles. The lowest BCUT2D eigenvalue weighted by Crippen LogP contribution is -2.28. The van der Waals surface area contributed by atoms with Crippen molar-refractivity contribution in [2.75, 3.05) is 6.54 Å². The fourth-order valence-corrected chi connectivity index (χ4v) is 4.25. The summed E-state index contributed by atoms with van der Waals surface area (Å²) in [7, 11) is 1.60. The van der Waals surface area contributed by atoms with E-state index in [1.807, 2.05) is 0 Å². The van der Waals surface area contributed by atoms with Crippen molar-refractivity contribution in [1.29, 1.82) is 0 Å². The average molecular weight is 328 g/mol. The molecule has 0 aromatic heterocycles. The van der Waals surface area contributed by atoms with Gasteiger partial charge < -0.3 is 5.32 Å². The lowest BCUT2D eigenvalue weighted by Gasteiger charge is -2.07. The van der Waals surface area contributed by atoms with Gasteiger partial charge in [-0.3, -0.25) is 4.79 Å². The second-order valence-corrected chi connectivity index (χ2v) is 8.47. The van der Waals surface area contributed by atoms with E-state index in [-0.39, 0.29) is 16.7 Å². The van der Waals surface area contributed by atoms with Gasteiger partial charge in [0.05, 0.1) is 4.90 Å². The zero-order chi connectivity index (χ0) is 15.0. The number of hydrogen-bond donors (Lipinski definition) is 1. The average Bonchev–Trinajstić information content (AvgIpc) is 2.92. The van der Waals surface area contributed by atoms with E-state index in [0.29, 0.717) is 24.8 Å². The van der Waals surface area contributed by atoms with Crippen molar-refractivity contribution in [3.05, 3.63) is 29.8 Å². The van der Waals surface area contributed by atoms with Crippen molar-refractivity contribution in [1.82, 2.24) is 5.32 Å². The number of fused-ring (bicyclic) bond motifs is 1. The van der Waals surface area contributed by atoms with Crippen molar-refractivity contribution < 1.29 is 13.2 Å². The Bertz CT molecular complexity index is 631. The molecule has 2 atom stereocenters. The van der Waals surface area contributed by atoms with Gasteiger partial charge in [-0.05, 0) is 48.8 Å². The van der Waals surface area contributed by atoms with Gasteiger partial charge >= 0.3 is 0 Å². The summed E-state index contributed by atoms with van der Waals surface area (Å²) < 4.78 is 22.3. The Morgan fingerprint density at radius 3 is 2.38 bits per heavy atom. The van der Waals surface area contributed by atoms with Gasteiger partial charge in [-0.15, -0.1) is 0 Å². The lowest BCUT2D eigenvalue weighted by atomic mass is 10.1. The molecule has 2 saturated carbocycles. The number of amides is 1. The second-order valence-electron chi connectivity index (χ2n) is 5.91. The lowest BCUT2D eigenvalue weighted by molar-refractivity contribution is -0.123. The van der Waals surface area contributed by atoms with Crippen LogP contribution in [0.15, 0.2) is 29.2 Å². The Kier molecular flexibility index (Phi) is 3.97. The first-order valence-electron chi connectivity index (χ1n) is 7.28. The van der Waals surface area contributed by atoms with E-state index in [4.69, 9.17) is 10.7 Å². The van der Waals surface area contributed by atoms with E-state index in [0.717, 1.165) is 5.56 Å². The molecule has 4 nitrogen and oxygen atoms in total. The minimum absolute atomic E-state index is 0.0998. The predicted octanol–water partition coefficient (Wildman–Crippen LogP) is 2.32. The molecule has 0 bridgehead atoms. The van der Waals surface area contributed by atoms with Crippen molar-refractivity contribution in [3.8, 4) is 0 Å². The zero-order valence-corrected chi connectivity index (χ0v) is 13.2. The highest BCUT2D eigenvalue weighted by Crippen LogP contribution is 2.57. The quantitative estimate of drug-likeness (QED) is 0.844. The number of carbonyl (C=O) groups is 1. The molecule has 2 unspecified atom stereocenters.